The molecule has 1 N–H and O–H groups in total. The van der Waals surface area contributed by atoms with Crippen molar-refractivity contribution < 1.29 is 14.3 Å². The molecule has 1 saturated carbocycles. The van der Waals surface area contributed by atoms with Gasteiger partial charge in [-0.05, 0) is 74.1 Å². The molecule has 6 nitrogen and oxygen atoms in total. The van der Waals surface area contributed by atoms with Crippen LogP contribution in [0.25, 0.3) is 0 Å². The van der Waals surface area contributed by atoms with Crippen LogP contribution in [0.3, 0.4) is 0 Å². The van der Waals surface area contributed by atoms with Crippen LogP contribution in [0, 0.1) is 19.8 Å². The van der Waals surface area contributed by atoms with Gasteiger partial charge in [0.2, 0.25) is 11.8 Å². The molecule has 2 aliphatic rings. The number of nitrogens with one attached hydrogen (secondary N) is 1. The number of carbonyl (C=O) groups is 2. The summed E-state index contributed by atoms with van der Waals surface area (Å²) in [4.78, 5) is 32.5. The maximum Gasteiger partial charge on any atom is 0.240 e. The summed E-state index contributed by atoms with van der Waals surface area (Å²) in [5.74, 6) is 0.347. The van der Waals surface area contributed by atoms with E-state index in [1.807, 2.05) is 50.2 Å². The highest BCUT2D eigenvalue weighted by atomic mass is 16.5. The molecule has 2 aromatic carbocycles. The molecule has 156 valence electrons. The molecule has 0 bridgehead atoms. The Morgan fingerprint density at radius 2 is 1.93 bits per heavy atom. The Morgan fingerprint density at radius 3 is 2.67 bits per heavy atom. The van der Waals surface area contributed by atoms with E-state index in [1.54, 1.807) is 12.0 Å². The highest BCUT2D eigenvalue weighted by Gasteiger charge is 2.37. The van der Waals surface area contributed by atoms with Gasteiger partial charge in [0.1, 0.15) is 12.3 Å². The number of benzene rings is 2. The maximum atomic E-state index is 13.3. The van der Waals surface area contributed by atoms with Crippen molar-refractivity contribution in [2.45, 2.75) is 39.7 Å². The second kappa shape index (κ2) is 8.30. The van der Waals surface area contributed by atoms with Gasteiger partial charge in [0.15, 0.2) is 0 Å². The van der Waals surface area contributed by atoms with Crippen LogP contribution in [0.2, 0.25) is 0 Å². The smallest absolute Gasteiger partial charge is 0.240 e. The van der Waals surface area contributed by atoms with Gasteiger partial charge in [-0.3, -0.25) is 14.6 Å². The van der Waals surface area contributed by atoms with Gasteiger partial charge >= 0.3 is 0 Å². The molecule has 2 amide bonds. The van der Waals surface area contributed by atoms with Crippen LogP contribution in [0.15, 0.2) is 41.4 Å². The number of hydrogen-bond donors (Lipinski definition) is 1. The first-order valence-corrected chi connectivity index (χ1v) is 10.4. The number of anilines is 1. The molecule has 30 heavy (non-hydrogen) atoms. The lowest BCUT2D eigenvalue weighted by atomic mass is 10.0. The number of aryl methyl sites for hydroxylation is 2. The zero-order valence-corrected chi connectivity index (χ0v) is 17.7. The van der Waals surface area contributed by atoms with Gasteiger partial charge in [-0.25, -0.2) is 0 Å². The number of ether oxygens (including phenoxy) is 1. The summed E-state index contributed by atoms with van der Waals surface area (Å²) in [5.41, 5.74) is 5.65. The van der Waals surface area contributed by atoms with Crippen molar-refractivity contribution in [1.82, 2.24) is 5.32 Å². The van der Waals surface area contributed by atoms with Crippen LogP contribution in [0.4, 0.5) is 11.4 Å². The van der Waals surface area contributed by atoms with Crippen molar-refractivity contribution in [1.29, 1.82) is 0 Å². The number of amides is 2. The van der Waals surface area contributed by atoms with Crippen LogP contribution in [-0.4, -0.2) is 31.2 Å². The Kier molecular flexibility index (Phi) is 5.57. The quantitative estimate of drug-likeness (QED) is 0.821. The van der Waals surface area contributed by atoms with Crippen LogP contribution in [0.1, 0.15) is 36.0 Å². The van der Waals surface area contributed by atoms with E-state index in [0.29, 0.717) is 6.54 Å². The molecule has 1 aliphatic carbocycles. The molecule has 0 aromatic heterocycles. The molecule has 0 saturated heterocycles. The topological polar surface area (TPSA) is 71.0 Å². The third-order valence-electron chi connectivity index (χ3n) is 5.99. The average molecular weight is 405 g/mol. The lowest BCUT2D eigenvalue weighted by Gasteiger charge is -2.25. The first kappa shape index (κ1) is 20.1. The summed E-state index contributed by atoms with van der Waals surface area (Å²) in [6.07, 6.45) is 2.61. The Morgan fingerprint density at radius 1 is 1.20 bits per heavy atom. The van der Waals surface area contributed by atoms with E-state index in [9.17, 15) is 9.59 Å². The van der Waals surface area contributed by atoms with Crippen molar-refractivity contribution >= 4 is 28.9 Å². The molecule has 1 aliphatic heterocycles. The van der Waals surface area contributed by atoms with E-state index in [-0.39, 0.29) is 24.3 Å². The van der Waals surface area contributed by atoms with Crippen molar-refractivity contribution in [2.24, 2.45) is 10.9 Å². The van der Waals surface area contributed by atoms with Gasteiger partial charge < -0.3 is 15.0 Å². The lowest BCUT2D eigenvalue weighted by molar-refractivity contribution is -0.124. The highest BCUT2D eigenvalue weighted by Crippen LogP contribution is 2.39. The van der Waals surface area contributed by atoms with Crippen molar-refractivity contribution in [2.75, 3.05) is 18.6 Å². The molecular formula is C24H27N3O3. The standard InChI is InChI=1S/C24H27N3O3/c1-15-11-21-22(12-16(15)2)27(24(29)19-5-4-6-20(19)26-21)14-23(28)25-13-17-7-9-18(30-3)10-8-17/h7-12,19H,4-6,13-14H2,1-3H3,(H,25,28)/t19-/m1/s1. The average Bonchev–Trinajstić information content (AvgIpc) is 3.17. The molecule has 0 radical (unpaired) electrons. The fourth-order valence-corrected chi connectivity index (χ4v) is 4.09. The summed E-state index contributed by atoms with van der Waals surface area (Å²) in [5, 5.41) is 2.93. The number of carbonyl (C=O) groups excluding carboxylic acids is 2. The summed E-state index contributed by atoms with van der Waals surface area (Å²) in [7, 11) is 1.62. The fourth-order valence-electron chi connectivity index (χ4n) is 4.09. The molecule has 1 heterocycles. The van der Waals surface area contributed by atoms with Gasteiger partial charge in [0, 0.05) is 12.3 Å². The van der Waals surface area contributed by atoms with Crippen LogP contribution < -0.4 is 15.0 Å². The van der Waals surface area contributed by atoms with Crippen molar-refractivity contribution in [3.05, 3.63) is 53.1 Å². The molecular weight excluding hydrogens is 378 g/mol. The SMILES string of the molecule is COc1ccc(CNC(=O)CN2C(=O)[C@@H]3CCCC3=Nc3cc(C)c(C)cc32)cc1. The molecule has 2 aromatic rings. The number of hydrogen-bond acceptors (Lipinski definition) is 4. The minimum Gasteiger partial charge on any atom is -0.497 e. The number of nitrogens with zero attached hydrogens (tertiary/aromatic N) is 2. The number of aliphatic imine (C=N–C) groups is 1. The van der Waals surface area contributed by atoms with E-state index in [2.05, 4.69) is 5.32 Å². The van der Waals surface area contributed by atoms with Crippen LogP contribution >= 0.6 is 0 Å². The molecule has 1 fully saturated rings. The van der Waals surface area contributed by atoms with Gasteiger partial charge in [-0.2, -0.15) is 0 Å². The number of rotatable bonds is 5. The Bertz CT molecular complexity index is 1010. The first-order valence-electron chi connectivity index (χ1n) is 10.4. The van der Waals surface area contributed by atoms with Crippen molar-refractivity contribution in [3.63, 3.8) is 0 Å². The summed E-state index contributed by atoms with van der Waals surface area (Å²) >= 11 is 0. The zero-order valence-electron chi connectivity index (χ0n) is 17.7. The Labute approximate surface area is 176 Å². The second-order valence-corrected chi connectivity index (χ2v) is 8.02. The Balaban J connectivity index is 1.54. The van der Waals surface area contributed by atoms with Gasteiger partial charge in [0.25, 0.3) is 0 Å². The van der Waals surface area contributed by atoms with Gasteiger partial charge in [0.05, 0.1) is 24.4 Å². The summed E-state index contributed by atoms with van der Waals surface area (Å²) in [6, 6.07) is 11.5. The van der Waals surface area contributed by atoms with E-state index < -0.39 is 0 Å². The van der Waals surface area contributed by atoms with E-state index in [1.165, 1.54) is 0 Å². The highest BCUT2D eigenvalue weighted by molar-refractivity contribution is 6.16. The molecule has 1 atom stereocenters. The van der Waals surface area contributed by atoms with Gasteiger partial charge in [-0.15, -0.1) is 0 Å². The largest absolute Gasteiger partial charge is 0.497 e. The van der Waals surface area contributed by atoms with Gasteiger partial charge in [-0.1, -0.05) is 12.1 Å². The lowest BCUT2D eigenvalue weighted by Crippen LogP contribution is -2.43. The minimum absolute atomic E-state index is 0.0101. The normalized spacial score (nSPS) is 17.7. The fraction of sp³-hybridized carbons (Fsp3) is 0.375. The Hall–Kier alpha value is -3.15. The van der Waals surface area contributed by atoms with E-state index in [4.69, 9.17) is 9.73 Å². The van der Waals surface area contributed by atoms with Crippen LogP contribution in [-0.2, 0) is 16.1 Å². The molecule has 6 heteroatoms. The van der Waals surface area contributed by atoms with Crippen molar-refractivity contribution in [3.8, 4) is 5.75 Å². The molecule has 0 spiro atoms. The molecule has 0 unspecified atom stereocenters. The third-order valence-corrected chi connectivity index (χ3v) is 5.99. The van der Waals surface area contributed by atoms with Crippen LogP contribution in [0.5, 0.6) is 5.75 Å². The first-order chi connectivity index (χ1) is 14.5. The van der Waals surface area contributed by atoms with E-state index in [0.717, 1.165) is 58.8 Å². The monoisotopic (exact) mass is 405 g/mol. The summed E-state index contributed by atoms with van der Waals surface area (Å²) in [6.45, 7) is 4.45. The minimum atomic E-state index is -0.215. The van der Waals surface area contributed by atoms with E-state index >= 15 is 0 Å². The predicted molar refractivity (Wildman–Crippen MR) is 118 cm³/mol. The number of methoxy groups -OCH3 is 1. The maximum absolute atomic E-state index is 13.3. The molecule has 4 rings (SSSR count). The summed E-state index contributed by atoms with van der Waals surface area (Å²) < 4.78 is 5.16. The second-order valence-electron chi connectivity index (χ2n) is 8.02. The number of fused-ring (bicyclic) bond motifs is 2. The zero-order chi connectivity index (χ0) is 21.3. The predicted octanol–water partition coefficient (Wildman–Crippen LogP) is 3.85. The third kappa shape index (κ3) is 3.95.